The van der Waals surface area contributed by atoms with Crippen LogP contribution < -0.4 is 11.3 Å². The second kappa shape index (κ2) is 13.0. The van der Waals surface area contributed by atoms with Crippen molar-refractivity contribution in [3.63, 3.8) is 0 Å². The van der Waals surface area contributed by atoms with E-state index in [2.05, 4.69) is 71.5 Å². The standard InChI is InChI=1S/C38H41N5O7/c1-36(2,3)25-18-15-24(16-19-25)14-11-22-9-12-23(13-10-22)17-20-27-40-28-31(41-34(39)42-32(28)44)43(27)33-30-29(48-38(7,8)49-30)26(47-33)21-46-35(45)50-37(4,5)6/h9-10,12-13,15-16,18-19,26,29-30,33H,21H2,1-8H3,(H3,39,41,42,44)/t26-,29-,30-,33-/m1/s1. The van der Waals surface area contributed by atoms with E-state index in [9.17, 15) is 9.59 Å². The summed E-state index contributed by atoms with van der Waals surface area (Å²) in [6.45, 7) is 15.1. The number of aromatic amines is 1. The molecule has 0 amide bonds. The largest absolute Gasteiger partial charge is 0.508 e. The zero-order valence-electron chi connectivity index (χ0n) is 29.4. The van der Waals surface area contributed by atoms with E-state index in [1.807, 2.05) is 36.4 Å². The second-order valence-corrected chi connectivity index (χ2v) is 14.7. The highest BCUT2D eigenvalue weighted by Gasteiger charge is 2.57. The summed E-state index contributed by atoms with van der Waals surface area (Å²) in [7, 11) is 0. The van der Waals surface area contributed by atoms with E-state index in [0.717, 1.165) is 11.1 Å². The van der Waals surface area contributed by atoms with Gasteiger partial charge in [-0.3, -0.25) is 14.3 Å². The van der Waals surface area contributed by atoms with Crippen molar-refractivity contribution >= 4 is 23.3 Å². The molecule has 0 aliphatic carbocycles. The number of hydrogen-bond acceptors (Lipinski definition) is 10. The van der Waals surface area contributed by atoms with Gasteiger partial charge in [0, 0.05) is 16.7 Å². The molecule has 2 aliphatic rings. The SMILES string of the molecule is CC(C)(C)OC(=O)OC[C@H]1O[C@@H](n2c(C#Cc3ccc(C#Cc4ccc(C(C)(C)C)cc4)cc3)nc3c(=O)[nH]c(N)nc32)[C@@H]2OC(C)(C)O[C@@H]21. The van der Waals surface area contributed by atoms with Crippen molar-refractivity contribution in [1.29, 1.82) is 0 Å². The molecular weight excluding hydrogens is 638 g/mol. The minimum atomic E-state index is -0.978. The molecule has 4 heterocycles. The minimum Gasteiger partial charge on any atom is -0.431 e. The zero-order valence-corrected chi connectivity index (χ0v) is 29.4. The van der Waals surface area contributed by atoms with Gasteiger partial charge in [-0.25, -0.2) is 9.78 Å². The highest BCUT2D eigenvalue weighted by molar-refractivity contribution is 5.73. The first-order valence-electron chi connectivity index (χ1n) is 16.3. The third-order valence-electron chi connectivity index (χ3n) is 8.01. The van der Waals surface area contributed by atoms with Gasteiger partial charge in [0.15, 0.2) is 29.0 Å². The Morgan fingerprint density at radius 1 is 0.900 bits per heavy atom. The Morgan fingerprint density at radius 2 is 1.46 bits per heavy atom. The fourth-order valence-electron chi connectivity index (χ4n) is 5.72. The number of ether oxygens (including phenoxy) is 5. The minimum absolute atomic E-state index is 0.0245. The molecule has 0 spiro atoms. The Kier molecular flexibility index (Phi) is 8.99. The third-order valence-corrected chi connectivity index (χ3v) is 8.01. The molecule has 0 unspecified atom stereocenters. The molecule has 2 saturated heterocycles. The smallest absolute Gasteiger partial charge is 0.431 e. The average molecular weight is 680 g/mol. The van der Waals surface area contributed by atoms with Gasteiger partial charge in [-0.2, -0.15) is 4.98 Å². The molecule has 50 heavy (non-hydrogen) atoms. The van der Waals surface area contributed by atoms with Gasteiger partial charge in [0.25, 0.3) is 5.56 Å². The molecule has 12 heteroatoms. The van der Waals surface area contributed by atoms with Crippen LogP contribution in [-0.4, -0.2) is 62.0 Å². The maximum absolute atomic E-state index is 12.9. The van der Waals surface area contributed by atoms with Gasteiger partial charge in [0.1, 0.15) is 30.5 Å². The monoisotopic (exact) mass is 679 g/mol. The predicted octanol–water partition coefficient (Wildman–Crippen LogP) is 5.17. The molecule has 2 aromatic carbocycles. The van der Waals surface area contributed by atoms with Gasteiger partial charge >= 0.3 is 6.16 Å². The van der Waals surface area contributed by atoms with Gasteiger partial charge in [-0.05, 0) is 87.9 Å². The summed E-state index contributed by atoms with van der Waals surface area (Å²) in [5, 5.41) is 0. The van der Waals surface area contributed by atoms with Crippen LogP contribution in [0.3, 0.4) is 0 Å². The van der Waals surface area contributed by atoms with Gasteiger partial charge in [-0.15, -0.1) is 0 Å². The van der Waals surface area contributed by atoms with E-state index in [1.165, 1.54) is 5.56 Å². The van der Waals surface area contributed by atoms with Crippen molar-refractivity contribution in [3.05, 3.63) is 87.0 Å². The van der Waals surface area contributed by atoms with E-state index < -0.39 is 47.6 Å². The van der Waals surface area contributed by atoms with Crippen molar-refractivity contribution in [2.75, 3.05) is 12.3 Å². The lowest BCUT2D eigenvalue weighted by molar-refractivity contribution is -0.200. The molecule has 260 valence electrons. The molecule has 0 saturated carbocycles. The van der Waals surface area contributed by atoms with E-state index in [0.29, 0.717) is 5.56 Å². The quantitative estimate of drug-likeness (QED) is 0.219. The van der Waals surface area contributed by atoms with E-state index in [-0.39, 0.29) is 35.0 Å². The number of nitrogen functional groups attached to an aromatic ring is 1. The molecule has 4 atom stereocenters. The van der Waals surface area contributed by atoms with Crippen molar-refractivity contribution in [3.8, 4) is 23.7 Å². The van der Waals surface area contributed by atoms with Crippen LogP contribution in [0.2, 0.25) is 0 Å². The number of hydrogen-bond donors (Lipinski definition) is 2. The molecule has 3 N–H and O–H groups in total. The van der Waals surface area contributed by atoms with Crippen LogP contribution in [0, 0.1) is 23.7 Å². The Bertz CT molecular complexity index is 2100. The predicted molar refractivity (Wildman–Crippen MR) is 186 cm³/mol. The van der Waals surface area contributed by atoms with Gasteiger partial charge < -0.3 is 29.4 Å². The molecule has 0 radical (unpaired) electrons. The fourth-order valence-corrected chi connectivity index (χ4v) is 5.72. The number of H-pyrrole nitrogens is 1. The highest BCUT2D eigenvalue weighted by Crippen LogP contribution is 2.44. The molecule has 2 fully saturated rings. The number of nitrogens with zero attached hydrogens (tertiary/aromatic N) is 3. The molecule has 2 aromatic heterocycles. The van der Waals surface area contributed by atoms with Gasteiger partial charge in [0.05, 0.1) is 0 Å². The number of carbonyl (C=O) groups is 1. The van der Waals surface area contributed by atoms with Crippen LogP contribution >= 0.6 is 0 Å². The summed E-state index contributed by atoms with van der Waals surface area (Å²) in [5.41, 5.74) is 8.65. The topological polar surface area (TPSA) is 153 Å². The first-order chi connectivity index (χ1) is 23.5. The third kappa shape index (κ3) is 7.68. The number of nitrogens with two attached hydrogens (primary N) is 1. The summed E-state index contributed by atoms with van der Waals surface area (Å²) in [4.78, 5) is 36.7. The number of rotatable bonds is 3. The normalized spacial score (nSPS) is 21.1. The Balaban J connectivity index is 1.29. The average Bonchev–Trinajstić information content (AvgIpc) is 3.65. The summed E-state index contributed by atoms with van der Waals surface area (Å²) in [6.07, 6.45) is -3.83. The Labute approximate surface area is 290 Å². The zero-order chi connectivity index (χ0) is 36.0. The first-order valence-corrected chi connectivity index (χ1v) is 16.3. The summed E-state index contributed by atoms with van der Waals surface area (Å²) in [5.74, 6) is 11.7. The first kappa shape index (κ1) is 34.7. The number of imidazole rings is 1. The summed E-state index contributed by atoms with van der Waals surface area (Å²) in [6, 6.07) is 15.8. The molecule has 2 aliphatic heterocycles. The lowest BCUT2D eigenvalue weighted by Gasteiger charge is -2.25. The summed E-state index contributed by atoms with van der Waals surface area (Å²) >= 11 is 0. The highest BCUT2D eigenvalue weighted by atomic mass is 16.8. The molecule has 4 aromatic rings. The van der Waals surface area contributed by atoms with Crippen molar-refractivity contribution in [2.24, 2.45) is 0 Å². The van der Waals surface area contributed by atoms with Crippen LogP contribution in [0.1, 0.15) is 89.7 Å². The van der Waals surface area contributed by atoms with Crippen molar-refractivity contribution in [1.82, 2.24) is 19.5 Å². The summed E-state index contributed by atoms with van der Waals surface area (Å²) < 4.78 is 31.1. The molecule has 12 nitrogen and oxygen atoms in total. The Morgan fingerprint density at radius 3 is 2.04 bits per heavy atom. The molecular formula is C38H41N5O7. The maximum atomic E-state index is 12.9. The van der Waals surface area contributed by atoms with Gasteiger partial charge in [0.2, 0.25) is 5.95 Å². The van der Waals surface area contributed by atoms with Crippen molar-refractivity contribution in [2.45, 2.75) is 96.7 Å². The van der Waals surface area contributed by atoms with Crippen LogP contribution in [0.25, 0.3) is 11.2 Å². The van der Waals surface area contributed by atoms with Crippen LogP contribution in [0.4, 0.5) is 10.7 Å². The van der Waals surface area contributed by atoms with E-state index >= 15 is 0 Å². The van der Waals surface area contributed by atoms with Crippen molar-refractivity contribution < 1.29 is 28.5 Å². The second-order valence-electron chi connectivity index (χ2n) is 14.7. The van der Waals surface area contributed by atoms with Gasteiger partial charge in [-0.1, -0.05) is 50.7 Å². The van der Waals surface area contributed by atoms with Crippen LogP contribution in [-0.2, 0) is 29.1 Å². The number of benzene rings is 2. The molecule has 6 rings (SSSR count). The number of fused-ring (bicyclic) bond motifs is 2. The Hall–Kier alpha value is -5.14. The van der Waals surface area contributed by atoms with E-state index in [4.69, 9.17) is 29.4 Å². The number of anilines is 1. The van der Waals surface area contributed by atoms with E-state index in [1.54, 1.807) is 39.2 Å². The van der Waals surface area contributed by atoms with Crippen LogP contribution in [0.5, 0.6) is 0 Å². The number of aromatic nitrogens is 4. The lowest BCUT2D eigenvalue weighted by atomic mass is 9.87. The number of carbonyl (C=O) groups excluding carboxylic acids is 1. The maximum Gasteiger partial charge on any atom is 0.508 e. The van der Waals surface area contributed by atoms with Crippen LogP contribution in [0.15, 0.2) is 53.3 Å². The number of nitrogens with one attached hydrogen (secondary N) is 1. The fraction of sp³-hybridized carbons (Fsp3) is 0.421. The lowest BCUT2D eigenvalue weighted by Crippen LogP contribution is -2.34. The molecule has 0 bridgehead atoms.